The standard InChI is InChI=1S/C4H7B/c1-2-3-4-5/h2,4-5H,1,3H2. The molecule has 0 N–H and O–H groups in total. The summed E-state index contributed by atoms with van der Waals surface area (Å²) in [6.45, 7) is 3.48. The Labute approximate surface area is 33.6 Å². The topological polar surface area (TPSA) is 0 Å². The molecule has 0 aromatic carbocycles. The van der Waals surface area contributed by atoms with Crippen LogP contribution < -0.4 is 0 Å². The molecule has 0 fully saturated rings. The molecule has 0 saturated carbocycles. The van der Waals surface area contributed by atoms with Gasteiger partial charge >= 0.3 is 32.5 Å². The maximum absolute atomic E-state index is 3.48. The fourth-order valence-electron chi connectivity index (χ4n) is 0.118. The van der Waals surface area contributed by atoms with Gasteiger partial charge in [0, 0.05) is 0 Å². The Hall–Kier alpha value is -0.325. The van der Waals surface area contributed by atoms with Gasteiger partial charge in [0.2, 0.25) is 0 Å². The van der Waals surface area contributed by atoms with Crippen LogP contribution in [0.25, 0.3) is 0 Å². The van der Waals surface area contributed by atoms with Crippen molar-refractivity contribution in [1.82, 2.24) is 0 Å². The molecule has 0 radical (unpaired) electrons. The van der Waals surface area contributed by atoms with E-state index in [-0.39, 0.29) is 0 Å². The van der Waals surface area contributed by atoms with Gasteiger partial charge in [-0.15, -0.1) is 0 Å². The molecule has 0 aromatic rings. The SMILES string of the molecule is B=CCC=C. The zero-order valence-electron chi connectivity index (χ0n) is 3.28. The second-order valence-corrected chi connectivity index (χ2v) is 0.813. The van der Waals surface area contributed by atoms with E-state index in [0.29, 0.717) is 0 Å². The molecule has 0 aliphatic heterocycles. The van der Waals surface area contributed by atoms with E-state index >= 15 is 0 Å². The van der Waals surface area contributed by atoms with E-state index in [0.717, 1.165) is 6.42 Å². The van der Waals surface area contributed by atoms with E-state index in [2.05, 4.69) is 14.1 Å². The molecule has 0 atom stereocenters. The van der Waals surface area contributed by atoms with Gasteiger partial charge in [0.15, 0.2) is 0 Å². The molecule has 0 spiro atoms. The van der Waals surface area contributed by atoms with Crippen molar-refractivity contribution in [2.24, 2.45) is 0 Å². The van der Waals surface area contributed by atoms with Gasteiger partial charge in [-0.1, -0.05) is 0 Å². The van der Waals surface area contributed by atoms with Crippen molar-refractivity contribution in [3.8, 4) is 0 Å². The third kappa shape index (κ3) is 3.67. The van der Waals surface area contributed by atoms with E-state index in [1.807, 2.05) is 12.0 Å². The van der Waals surface area contributed by atoms with Crippen LogP contribution in [0.5, 0.6) is 0 Å². The Kier molecular flexibility index (Phi) is 3.44. The van der Waals surface area contributed by atoms with Gasteiger partial charge in [0.25, 0.3) is 0 Å². The first-order chi connectivity index (χ1) is 2.41. The molecule has 0 amide bonds. The summed E-state index contributed by atoms with van der Waals surface area (Å²) in [6, 6.07) is 0. The molecule has 0 aromatic heterocycles. The van der Waals surface area contributed by atoms with Crippen LogP contribution in [0.3, 0.4) is 0 Å². The van der Waals surface area contributed by atoms with Crippen molar-refractivity contribution in [3.05, 3.63) is 12.7 Å². The zero-order chi connectivity index (χ0) is 4.12. The van der Waals surface area contributed by atoms with Crippen LogP contribution >= 0.6 is 0 Å². The van der Waals surface area contributed by atoms with Gasteiger partial charge in [0.05, 0.1) is 0 Å². The van der Waals surface area contributed by atoms with Crippen LogP contribution in [0.15, 0.2) is 12.7 Å². The summed E-state index contributed by atoms with van der Waals surface area (Å²) in [5.41, 5.74) is 0. The van der Waals surface area contributed by atoms with Gasteiger partial charge in [-0.05, 0) is 0 Å². The van der Waals surface area contributed by atoms with Crippen LogP contribution in [0.1, 0.15) is 6.42 Å². The second-order valence-electron chi connectivity index (χ2n) is 0.813. The first kappa shape index (κ1) is 4.67. The minimum atomic E-state index is 0.917. The predicted octanol–water partition coefficient (Wildman–Crippen LogP) is 0.265. The third-order valence-corrected chi connectivity index (χ3v) is 0.333. The molecule has 5 heavy (non-hydrogen) atoms. The number of rotatable bonds is 2. The summed E-state index contributed by atoms with van der Waals surface area (Å²) in [6.07, 6.45) is 2.73. The molecule has 26 valence electrons. The fourth-order valence-corrected chi connectivity index (χ4v) is 0.118. The van der Waals surface area contributed by atoms with Crippen LogP contribution in [0, 0.1) is 0 Å². The Morgan fingerprint density at radius 2 is 2.40 bits per heavy atom. The summed E-state index contributed by atoms with van der Waals surface area (Å²) < 4.78 is 0. The van der Waals surface area contributed by atoms with Crippen molar-refractivity contribution < 1.29 is 0 Å². The van der Waals surface area contributed by atoms with Crippen molar-refractivity contribution in [2.45, 2.75) is 6.42 Å². The molecule has 1 heteroatoms. The van der Waals surface area contributed by atoms with Gasteiger partial charge in [-0.25, -0.2) is 0 Å². The Balaban J connectivity index is 2.65. The molecular weight excluding hydrogens is 58.9 g/mol. The van der Waals surface area contributed by atoms with Crippen LogP contribution in [0.4, 0.5) is 0 Å². The van der Waals surface area contributed by atoms with Crippen molar-refractivity contribution in [3.63, 3.8) is 0 Å². The summed E-state index contributed by atoms with van der Waals surface area (Å²) in [5, 5.41) is 0. The molecule has 0 bridgehead atoms. The Bertz CT molecular complexity index is 32.9. The average Bonchev–Trinajstić information content (AvgIpc) is 1.41. The third-order valence-electron chi connectivity index (χ3n) is 0.333. The van der Waals surface area contributed by atoms with E-state index < -0.39 is 0 Å². The van der Waals surface area contributed by atoms with Crippen LogP contribution in [0.2, 0.25) is 0 Å². The van der Waals surface area contributed by atoms with Gasteiger partial charge < -0.3 is 0 Å². The van der Waals surface area contributed by atoms with Gasteiger partial charge in [0.1, 0.15) is 0 Å². The summed E-state index contributed by atoms with van der Waals surface area (Å²) in [5.74, 6) is 1.81. The Morgan fingerprint density at radius 3 is 2.40 bits per heavy atom. The number of hydrogen-bond donors (Lipinski definition) is 0. The summed E-state index contributed by atoms with van der Waals surface area (Å²) in [7, 11) is 3.48. The minimum absolute atomic E-state index is 0.917. The second kappa shape index (κ2) is 3.67. The summed E-state index contributed by atoms with van der Waals surface area (Å²) >= 11 is 0. The molecule has 0 saturated heterocycles. The van der Waals surface area contributed by atoms with Crippen molar-refractivity contribution >= 4 is 13.5 Å². The molecule has 0 rings (SSSR count). The van der Waals surface area contributed by atoms with E-state index in [1.165, 1.54) is 0 Å². The van der Waals surface area contributed by atoms with E-state index in [1.54, 1.807) is 0 Å². The van der Waals surface area contributed by atoms with Crippen LogP contribution in [-0.4, -0.2) is 13.5 Å². The molecule has 0 nitrogen and oxygen atoms in total. The first-order valence-corrected chi connectivity index (χ1v) is 1.63. The molecule has 0 aliphatic carbocycles. The molecule has 0 heterocycles. The first-order valence-electron chi connectivity index (χ1n) is 1.63. The quantitative estimate of drug-likeness (QED) is 0.320. The monoisotopic (exact) mass is 66.1 g/mol. The fraction of sp³-hybridized carbons (Fsp3) is 0.250. The average molecular weight is 65.9 g/mol. The zero-order valence-corrected chi connectivity index (χ0v) is 3.28. The van der Waals surface area contributed by atoms with Crippen molar-refractivity contribution in [2.75, 3.05) is 0 Å². The van der Waals surface area contributed by atoms with Gasteiger partial charge in [-0.2, -0.15) is 0 Å². The van der Waals surface area contributed by atoms with E-state index in [4.69, 9.17) is 0 Å². The number of allylic oxidation sites excluding steroid dienone is 1. The number of hydrogen-bond acceptors (Lipinski definition) is 0. The summed E-state index contributed by atoms with van der Waals surface area (Å²) in [4.78, 5) is 0. The normalized spacial score (nSPS) is 6.20. The Morgan fingerprint density at radius 1 is 1.80 bits per heavy atom. The molecular formula is C4H7B. The predicted molar refractivity (Wildman–Crippen MR) is 28.0 cm³/mol. The van der Waals surface area contributed by atoms with E-state index in [9.17, 15) is 0 Å². The van der Waals surface area contributed by atoms with Gasteiger partial charge in [-0.3, -0.25) is 0 Å². The van der Waals surface area contributed by atoms with Crippen molar-refractivity contribution in [1.29, 1.82) is 0 Å². The molecule has 0 aliphatic rings. The maximum atomic E-state index is 3.48. The molecule has 0 unspecified atom stereocenters. The van der Waals surface area contributed by atoms with Crippen LogP contribution in [-0.2, 0) is 0 Å².